The third-order valence-electron chi connectivity index (χ3n) is 2.37. The fraction of sp³-hybridized carbons (Fsp3) is 0.500. The summed E-state index contributed by atoms with van der Waals surface area (Å²) in [5, 5.41) is 0. The van der Waals surface area contributed by atoms with Gasteiger partial charge in [0.2, 0.25) is 0 Å². The van der Waals surface area contributed by atoms with E-state index in [1.54, 1.807) is 26.3 Å². The number of nitrogens with zero attached hydrogens (tertiary/aromatic N) is 1. The number of methoxy groups -OCH3 is 1. The summed E-state index contributed by atoms with van der Waals surface area (Å²) in [6.07, 6.45) is 1.53. The topological polar surface area (TPSA) is 57.5 Å². The first-order valence-electron chi connectivity index (χ1n) is 5.49. The van der Waals surface area contributed by atoms with Crippen LogP contribution in [0.25, 0.3) is 0 Å². The van der Waals surface area contributed by atoms with Crippen molar-refractivity contribution < 1.29 is 14.3 Å². The van der Waals surface area contributed by atoms with Gasteiger partial charge in [0, 0.05) is 13.3 Å². The molecule has 0 radical (unpaired) electrons. The molecule has 0 saturated heterocycles. The SMILES string of the molecule is CCOC(=O)c1cccn(C[C@@H](C)OC)c1=O. The van der Waals surface area contributed by atoms with Crippen LogP contribution in [0.3, 0.4) is 0 Å². The van der Waals surface area contributed by atoms with E-state index in [4.69, 9.17) is 9.47 Å². The molecule has 94 valence electrons. The lowest BCUT2D eigenvalue weighted by atomic mass is 10.2. The Morgan fingerprint density at radius 2 is 2.24 bits per heavy atom. The number of esters is 1. The number of pyridine rings is 1. The third kappa shape index (κ3) is 3.42. The van der Waals surface area contributed by atoms with Crippen molar-refractivity contribution in [1.29, 1.82) is 0 Å². The maximum Gasteiger partial charge on any atom is 0.343 e. The minimum Gasteiger partial charge on any atom is -0.462 e. The van der Waals surface area contributed by atoms with Gasteiger partial charge in [0.1, 0.15) is 5.56 Å². The predicted octanol–water partition coefficient (Wildman–Crippen LogP) is 1.06. The van der Waals surface area contributed by atoms with E-state index in [2.05, 4.69) is 0 Å². The van der Waals surface area contributed by atoms with Crippen molar-refractivity contribution in [3.63, 3.8) is 0 Å². The van der Waals surface area contributed by atoms with Gasteiger partial charge in [-0.1, -0.05) is 0 Å². The standard InChI is InChI=1S/C12H17NO4/c1-4-17-12(15)10-6-5-7-13(11(10)14)8-9(2)16-3/h5-7,9H,4,8H2,1-3H3/t9-/m1/s1. The van der Waals surface area contributed by atoms with Gasteiger partial charge in [-0.3, -0.25) is 4.79 Å². The summed E-state index contributed by atoms with van der Waals surface area (Å²) in [6, 6.07) is 3.12. The smallest absolute Gasteiger partial charge is 0.343 e. The van der Waals surface area contributed by atoms with Crippen molar-refractivity contribution in [3.8, 4) is 0 Å². The first-order chi connectivity index (χ1) is 8.10. The Morgan fingerprint density at radius 3 is 2.82 bits per heavy atom. The van der Waals surface area contributed by atoms with Gasteiger partial charge in [0.25, 0.3) is 5.56 Å². The molecule has 0 amide bonds. The molecule has 5 heteroatoms. The fourth-order valence-corrected chi connectivity index (χ4v) is 1.40. The summed E-state index contributed by atoms with van der Waals surface area (Å²) in [5.41, 5.74) is -0.299. The zero-order valence-corrected chi connectivity index (χ0v) is 10.3. The maximum atomic E-state index is 11.9. The van der Waals surface area contributed by atoms with Gasteiger partial charge >= 0.3 is 5.97 Å². The Bertz CT molecular complexity index is 438. The Balaban J connectivity index is 2.99. The highest BCUT2D eigenvalue weighted by molar-refractivity contribution is 5.88. The Hall–Kier alpha value is -1.62. The van der Waals surface area contributed by atoms with E-state index in [-0.39, 0.29) is 23.8 Å². The maximum absolute atomic E-state index is 11.9. The Labute approximate surface area is 100.0 Å². The lowest BCUT2D eigenvalue weighted by Gasteiger charge is -2.12. The molecule has 0 aliphatic rings. The van der Waals surface area contributed by atoms with Crippen LogP contribution in [0.1, 0.15) is 24.2 Å². The molecule has 1 aromatic rings. The molecule has 1 atom stereocenters. The van der Waals surface area contributed by atoms with Gasteiger partial charge in [0.15, 0.2) is 0 Å². The summed E-state index contributed by atoms with van der Waals surface area (Å²) in [5.74, 6) is -0.586. The molecule has 0 bridgehead atoms. The molecule has 0 aliphatic carbocycles. The van der Waals surface area contributed by atoms with E-state index in [9.17, 15) is 9.59 Å². The molecular formula is C12H17NO4. The summed E-state index contributed by atoms with van der Waals surface area (Å²) < 4.78 is 11.3. The minimum absolute atomic E-state index is 0.0534. The van der Waals surface area contributed by atoms with Crippen molar-refractivity contribution in [2.75, 3.05) is 13.7 Å². The molecule has 0 aliphatic heterocycles. The number of rotatable bonds is 5. The molecule has 0 unspecified atom stereocenters. The molecule has 0 fully saturated rings. The van der Waals surface area contributed by atoms with Crippen LogP contribution in [-0.2, 0) is 16.0 Å². The van der Waals surface area contributed by atoms with Crippen LogP contribution in [0.15, 0.2) is 23.1 Å². The monoisotopic (exact) mass is 239 g/mol. The van der Waals surface area contributed by atoms with Gasteiger partial charge < -0.3 is 14.0 Å². The third-order valence-corrected chi connectivity index (χ3v) is 2.37. The zero-order chi connectivity index (χ0) is 12.8. The number of ether oxygens (including phenoxy) is 2. The van der Waals surface area contributed by atoms with Crippen LogP contribution >= 0.6 is 0 Å². The summed E-state index contributed by atoms with van der Waals surface area (Å²) in [7, 11) is 1.57. The van der Waals surface area contributed by atoms with Crippen molar-refractivity contribution in [3.05, 3.63) is 34.2 Å². The second kappa shape index (κ2) is 6.20. The molecule has 0 N–H and O–H groups in total. The average molecular weight is 239 g/mol. The number of hydrogen-bond acceptors (Lipinski definition) is 4. The van der Waals surface area contributed by atoms with Crippen LogP contribution in [0.4, 0.5) is 0 Å². The van der Waals surface area contributed by atoms with E-state index in [0.29, 0.717) is 6.54 Å². The Morgan fingerprint density at radius 1 is 1.53 bits per heavy atom. The van der Waals surface area contributed by atoms with Crippen molar-refractivity contribution >= 4 is 5.97 Å². The fourth-order valence-electron chi connectivity index (χ4n) is 1.40. The van der Waals surface area contributed by atoms with Gasteiger partial charge in [-0.2, -0.15) is 0 Å². The lowest BCUT2D eigenvalue weighted by Crippen LogP contribution is -2.30. The van der Waals surface area contributed by atoms with E-state index in [1.807, 2.05) is 6.92 Å². The van der Waals surface area contributed by atoms with Crippen LogP contribution in [-0.4, -0.2) is 30.4 Å². The highest BCUT2D eigenvalue weighted by Crippen LogP contribution is 1.98. The van der Waals surface area contributed by atoms with Gasteiger partial charge in [0.05, 0.1) is 19.3 Å². The van der Waals surface area contributed by atoms with Crippen LogP contribution < -0.4 is 5.56 Å². The van der Waals surface area contributed by atoms with Crippen LogP contribution in [0.5, 0.6) is 0 Å². The quantitative estimate of drug-likeness (QED) is 0.721. The van der Waals surface area contributed by atoms with Crippen molar-refractivity contribution in [1.82, 2.24) is 4.57 Å². The summed E-state index contributed by atoms with van der Waals surface area (Å²) in [6.45, 7) is 4.21. The molecule has 17 heavy (non-hydrogen) atoms. The van der Waals surface area contributed by atoms with Crippen LogP contribution in [0, 0.1) is 0 Å². The molecule has 0 spiro atoms. The first kappa shape index (κ1) is 13.4. The van der Waals surface area contributed by atoms with Gasteiger partial charge in [-0.25, -0.2) is 4.79 Å². The average Bonchev–Trinajstić information content (AvgIpc) is 2.32. The molecule has 1 heterocycles. The number of carbonyl (C=O) groups is 1. The highest BCUT2D eigenvalue weighted by atomic mass is 16.5. The zero-order valence-electron chi connectivity index (χ0n) is 10.3. The van der Waals surface area contributed by atoms with Crippen molar-refractivity contribution in [2.24, 2.45) is 0 Å². The molecule has 0 saturated carbocycles. The molecule has 1 aromatic heterocycles. The van der Waals surface area contributed by atoms with E-state index >= 15 is 0 Å². The number of carbonyl (C=O) groups excluding carboxylic acids is 1. The van der Waals surface area contributed by atoms with E-state index < -0.39 is 5.97 Å². The minimum atomic E-state index is -0.586. The molecule has 5 nitrogen and oxygen atoms in total. The second-order valence-corrected chi connectivity index (χ2v) is 3.65. The lowest BCUT2D eigenvalue weighted by molar-refractivity contribution is 0.0522. The van der Waals surface area contributed by atoms with Gasteiger partial charge in [-0.15, -0.1) is 0 Å². The number of aromatic nitrogens is 1. The Kier molecular flexibility index (Phi) is 4.90. The normalized spacial score (nSPS) is 12.2. The highest BCUT2D eigenvalue weighted by Gasteiger charge is 2.13. The first-order valence-corrected chi connectivity index (χ1v) is 5.49. The summed E-state index contributed by atoms with van der Waals surface area (Å²) >= 11 is 0. The van der Waals surface area contributed by atoms with E-state index in [1.165, 1.54) is 10.6 Å². The van der Waals surface area contributed by atoms with E-state index in [0.717, 1.165) is 0 Å². The van der Waals surface area contributed by atoms with Crippen molar-refractivity contribution in [2.45, 2.75) is 26.5 Å². The van der Waals surface area contributed by atoms with Crippen LogP contribution in [0.2, 0.25) is 0 Å². The molecule has 1 rings (SSSR count). The van der Waals surface area contributed by atoms with Gasteiger partial charge in [-0.05, 0) is 26.0 Å². The number of hydrogen-bond donors (Lipinski definition) is 0. The second-order valence-electron chi connectivity index (χ2n) is 3.65. The largest absolute Gasteiger partial charge is 0.462 e. The summed E-state index contributed by atoms with van der Waals surface area (Å²) in [4.78, 5) is 23.4. The predicted molar refractivity (Wildman–Crippen MR) is 63.1 cm³/mol. The molecule has 0 aromatic carbocycles. The molecular weight excluding hydrogens is 222 g/mol.